The van der Waals surface area contributed by atoms with Gasteiger partial charge in [-0.2, -0.15) is 5.10 Å². The molecular weight excluding hydrogens is 326 g/mol. The molecule has 0 bridgehead atoms. The summed E-state index contributed by atoms with van der Waals surface area (Å²) in [6.45, 7) is 0. The number of rotatable bonds is 4. The predicted octanol–water partition coefficient (Wildman–Crippen LogP) is 1.63. The van der Waals surface area contributed by atoms with Gasteiger partial charge in [-0.25, -0.2) is 9.31 Å². The van der Waals surface area contributed by atoms with Crippen LogP contribution in [0.15, 0.2) is 42.7 Å². The van der Waals surface area contributed by atoms with E-state index >= 15 is 0 Å². The third-order valence-corrected chi connectivity index (χ3v) is 3.46. The zero-order valence-electron chi connectivity index (χ0n) is 13.2. The number of ether oxygens (including phenoxy) is 2. The van der Waals surface area contributed by atoms with Gasteiger partial charge in [0.05, 0.1) is 42.0 Å². The molecule has 9 nitrogen and oxygen atoms in total. The largest absolute Gasteiger partial charge is 0.497 e. The van der Waals surface area contributed by atoms with E-state index in [9.17, 15) is 9.59 Å². The molecule has 0 spiro atoms. The lowest BCUT2D eigenvalue weighted by molar-refractivity contribution is 0.100. The normalized spacial score (nSPS) is 10.4. The fourth-order valence-electron chi connectivity index (χ4n) is 2.24. The van der Waals surface area contributed by atoms with Gasteiger partial charge in [0.15, 0.2) is 0 Å². The molecular formula is C16H15N5O4. The number of amides is 2. The molecule has 25 heavy (non-hydrogen) atoms. The zero-order chi connectivity index (χ0) is 18.0. The van der Waals surface area contributed by atoms with Gasteiger partial charge in [-0.3, -0.25) is 10.1 Å². The summed E-state index contributed by atoms with van der Waals surface area (Å²) in [5.74, 6) is 0.330. The maximum Gasteiger partial charge on any atom is 0.417 e. The summed E-state index contributed by atoms with van der Waals surface area (Å²) in [5.41, 5.74) is 12.3. The van der Waals surface area contributed by atoms with Crippen molar-refractivity contribution in [1.29, 1.82) is 0 Å². The molecule has 0 radical (unpaired) electrons. The van der Waals surface area contributed by atoms with Gasteiger partial charge in [-0.15, -0.1) is 0 Å². The first-order valence-corrected chi connectivity index (χ1v) is 7.17. The van der Waals surface area contributed by atoms with Crippen LogP contribution in [-0.4, -0.2) is 28.7 Å². The van der Waals surface area contributed by atoms with Crippen molar-refractivity contribution in [2.75, 3.05) is 18.2 Å². The first kappa shape index (κ1) is 16.1. The third kappa shape index (κ3) is 3.29. The zero-order valence-corrected chi connectivity index (χ0v) is 13.2. The van der Waals surface area contributed by atoms with Gasteiger partial charge in [0.1, 0.15) is 11.5 Å². The van der Waals surface area contributed by atoms with Gasteiger partial charge in [0.25, 0.3) is 5.91 Å². The molecule has 2 amide bonds. The fraction of sp³-hybridized carbons (Fsp3) is 0.0625. The first-order chi connectivity index (χ1) is 12.0. The maximum absolute atomic E-state index is 12.0. The van der Waals surface area contributed by atoms with Gasteiger partial charge in [-0.05, 0) is 30.3 Å². The lowest BCUT2D eigenvalue weighted by Gasteiger charge is -2.05. The van der Waals surface area contributed by atoms with Gasteiger partial charge in [0.2, 0.25) is 0 Å². The molecule has 5 N–H and O–H groups in total. The quantitative estimate of drug-likeness (QED) is 0.660. The van der Waals surface area contributed by atoms with Crippen molar-refractivity contribution >= 4 is 28.9 Å². The van der Waals surface area contributed by atoms with Crippen molar-refractivity contribution in [3.8, 4) is 11.5 Å². The highest BCUT2D eigenvalue weighted by molar-refractivity contribution is 6.01. The highest BCUT2D eigenvalue weighted by Crippen LogP contribution is 2.23. The second-order valence-electron chi connectivity index (χ2n) is 5.08. The van der Waals surface area contributed by atoms with Gasteiger partial charge in [0, 0.05) is 0 Å². The average molecular weight is 341 g/mol. The monoisotopic (exact) mass is 341 g/mol. The molecule has 2 heterocycles. The Balaban J connectivity index is 1.76. The minimum absolute atomic E-state index is 0.109. The van der Waals surface area contributed by atoms with E-state index in [4.69, 9.17) is 20.9 Å². The van der Waals surface area contributed by atoms with Crippen LogP contribution in [0.1, 0.15) is 10.4 Å². The molecule has 2 aromatic heterocycles. The van der Waals surface area contributed by atoms with Gasteiger partial charge in [-0.1, -0.05) is 0 Å². The van der Waals surface area contributed by atoms with Crippen LogP contribution in [0, 0.1) is 0 Å². The van der Waals surface area contributed by atoms with E-state index in [1.807, 2.05) is 0 Å². The minimum Gasteiger partial charge on any atom is -0.497 e. The van der Waals surface area contributed by atoms with Crippen LogP contribution in [0.4, 0.5) is 16.2 Å². The van der Waals surface area contributed by atoms with Crippen LogP contribution in [0.25, 0.3) is 5.52 Å². The summed E-state index contributed by atoms with van der Waals surface area (Å²) in [5, 5.41) is 6.58. The number of nitrogens with zero attached hydrogens (tertiary/aromatic N) is 2. The third-order valence-electron chi connectivity index (χ3n) is 3.46. The fourth-order valence-corrected chi connectivity index (χ4v) is 2.24. The van der Waals surface area contributed by atoms with Crippen molar-refractivity contribution in [1.82, 2.24) is 9.61 Å². The van der Waals surface area contributed by atoms with E-state index in [0.29, 0.717) is 22.7 Å². The first-order valence-electron chi connectivity index (χ1n) is 7.17. The molecule has 0 atom stereocenters. The van der Waals surface area contributed by atoms with Crippen LogP contribution < -0.4 is 26.3 Å². The summed E-state index contributed by atoms with van der Waals surface area (Å²) in [6.07, 6.45) is 2.12. The standard InChI is InChI=1S/C16H15N5O4/c1-24-10-2-4-11(5-3-10)25-16(23)20-9-6-13-14(17)12(15(18)22)7-19-21(13)8-9/h2-8H,17H2,1H3,(H2,18,22)(H,20,23). The average Bonchev–Trinajstić information content (AvgIpc) is 2.98. The number of anilines is 2. The molecule has 1 aromatic carbocycles. The molecule has 0 aliphatic rings. The van der Waals surface area contributed by atoms with Crippen LogP contribution in [0.2, 0.25) is 0 Å². The predicted molar refractivity (Wildman–Crippen MR) is 90.8 cm³/mol. The van der Waals surface area contributed by atoms with Crippen LogP contribution in [0.3, 0.4) is 0 Å². The number of hydrogen-bond donors (Lipinski definition) is 3. The molecule has 0 saturated carbocycles. The van der Waals surface area contributed by atoms with Crippen LogP contribution >= 0.6 is 0 Å². The highest BCUT2D eigenvalue weighted by atomic mass is 16.6. The highest BCUT2D eigenvalue weighted by Gasteiger charge is 2.13. The Kier molecular flexibility index (Phi) is 4.12. The van der Waals surface area contributed by atoms with Crippen LogP contribution in [0.5, 0.6) is 11.5 Å². The van der Waals surface area contributed by atoms with Crippen molar-refractivity contribution < 1.29 is 19.1 Å². The molecule has 9 heteroatoms. The lowest BCUT2D eigenvalue weighted by atomic mass is 10.2. The Bertz CT molecular complexity index is 949. The number of carbonyl (C=O) groups excluding carboxylic acids is 2. The summed E-state index contributed by atoms with van der Waals surface area (Å²) in [6, 6.07) is 8.11. The number of nitrogens with one attached hydrogen (secondary N) is 1. The van der Waals surface area contributed by atoms with Crippen molar-refractivity contribution in [2.24, 2.45) is 5.73 Å². The number of aromatic nitrogens is 2. The Labute approximate surface area is 142 Å². The van der Waals surface area contributed by atoms with E-state index in [0.717, 1.165) is 0 Å². The number of carbonyl (C=O) groups is 2. The molecule has 0 saturated heterocycles. The van der Waals surface area contributed by atoms with Crippen molar-refractivity contribution in [3.05, 3.63) is 48.3 Å². The Hall–Kier alpha value is -3.75. The lowest BCUT2D eigenvalue weighted by Crippen LogP contribution is -2.16. The topological polar surface area (TPSA) is 134 Å². The molecule has 0 aliphatic heterocycles. The van der Waals surface area contributed by atoms with Crippen molar-refractivity contribution in [3.63, 3.8) is 0 Å². The molecule has 0 unspecified atom stereocenters. The van der Waals surface area contributed by atoms with E-state index in [2.05, 4.69) is 10.4 Å². The molecule has 3 rings (SSSR count). The molecule has 0 aliphatic carbocycles. The van der Waals surface area contributed by atoms with Crippen LogP contribution in [-0.2, 0) is 0 Å². The van der Waals surface area contributed by atoms with E-state index in [1.165, 1.54) is 16.9 Å². The maximum atomic E-state index is 12.0. The number of nitrogen functional groups attached to an aromatic ring is 1. The minimum atomic E-state index is -0.685. The van der Waals surface area contributed by atoms with Crippen molar-refractivity contribution in [2.45, 2.75) is 0 Å². The number of primary amides is 1. The second kappa shape index (κ2) is 6.40. The number of benzene rings is 1. The van der Waals surface area contributed by atoms with E-state index < -0.39 is 12.0 Å². The molecule has 3 aromatic rings. The van der Waals surface area contributed by atoms with Gasteiger partial charge < -0.3 is 20.9 Å². The summed E-state index contributed by atoms with van der Waals surface area (Å²) in [7, 11) is 1.55. The molecule has 128 valence electrons. The summed E-state index contributed by atoms with van der Waals surface area (Å²) in [4.78, 5) is 23.3. The van der Waals surface area contributed by atoms with E-state index in [-0.39, 0.29) is 11.3 Å². The number of nitrogens with two attached hydrogens (primary N) is 2. The number of methoxy groups -OCH3 is 1. The number of hydrogen-bond acceptors (Lipinski definition) is 6. The Morgan fingerprint density at radius 2 is 1.88 bits per heavy atom. The molecule has 0 fully saturated rings. The SMILES string of the molecule is COc1ccc(OC(=O)Nc2cc3c(N)c(C(N)=O)cnn3c2)cc1. The van der Waals surface area contributed by atoms with E-state index in [1.54, 1.807) is 37.4 Å². The second-order valence-corrected chi connectivity index (χ2v) is 5.08. The summed E-state index contributed by atoms with van der Waals surface area (Å²) < 4.78 is 11.6. The smallest absolute Gasteiger partial charge is 0.417 e. The Morgan fingerprint density at radius 1 is 1.20 bits per heavy atom. The number of fused-ring (bicyclic) bond motifs is 1. The Morgan fingerprint density at radius 3 is 2.52 bits per heavy atom. The summed E-state index contributed by atoms with van der Waals surface area (Å²) >= 11 is 0. The van der Waals surface area contributed by atoms with Gasteiger partial charge >= 0.3 is 6.09 Å².